The Morgan fingerprint density at radius 2 is 2.04 bits per heavy atom. The molecule has 0 bridgehead atoms. The third-order valence-corrected chi connectivity index (χ3v) is 3.48. The summed E-state index contributed by atoms with van der Waals surface area (Å²) in [6.45, 7) is 2.57. The van der Waals surface area contributed by atoms with Crippen LogP contribution < -0.4 is 10.2 Å². The topological polar surface area (TPSA) is 55.8 Å². The van der Waals surface area contributed by atoms with Crippen molar-refractivity contribution in [1.82, 2.24) is 10.2 Å². The Morgan fingerprint density at radius 1 is 1.30 bits per heavy atom. The van der Waals surface area contributed by atoms with Gasteiger partial charge in [-0.1, -0.05) is 18.2 Å². The number of anilines is 1. The number of carbonyl (C=O) groups excluding carboxylic acids is 1. The maximum Gasteiger partial charge on any atom is 0.250 e. The zero-order valence-electron chi connectivity index (χ0n) is 13.5. The van der Waals surface area contributed by atoms with Crippen LogP contribution in [-0.2, 0) is 17.9 Å². The molecule has 0 radical (unpaired) electrons. The Labute approximate surface area is 150 Å². The number of aliphatic hydroxyl groups is 1. The van der Waals surface area contributed by atoms with Gasteiger partial charge in [0.25, 0.3) is 5.91 Å². The van der Waals surface area contributed by atoms with Gasteiger partial charge >= 0.3 is 0 Å². The van der Waals surface area contributed by atoms with Gasteiger partial charge in [0.2, 0.25) is 0 Å². The zero-order valence-corrected chi connectivity index (χ0v) is 15.1. The minimum atomic E-state index is -0.0915. The summed E-state index contributed by atoms with van der Waals surface area (Å²) in [6, 6.07) is 5.98. The van der Waals surface area contributed by atoms with Gasteiger partial charge in [0.1, 0.15) is 0 Å². The largest absolute Gasteiger partial charge is 0.395 e. The molecule has 1 heterocycles. The van der Waals surface area contributed by atoms with Crippen LogP contribution in [0.2, 0.25) is 0 Å². The van der Waals surface area contributed by atoms with E-state index >= 15 is 0 Å². The molecule has 0 saturated carbocycles. The number of benzene rings is 1. The number of aliphatic hydroxyl groups excluding tert-OH is 1. The minimum Gasteiger partial charge on any atom is -0.395 e. The summed E-state index contributed by atoms with van der Waals surface area (Å²) < 4.78 is 0. The minimum absolute atomic E-state index is 0. The van der Waals surface area contributed by atoms with E-state index in [2.05, 4.69) is 11.4 Å². The standard InChI is InChI=1S/C16H23N3O2.2ClH/c1-18(2)8-4-7-16(21)19(9-10-20)15-6-3-5-13-11-17-12-14(13)15;;/h3-7,17,20H,8-12H2,1-2H3;2*1H/b7-4+;;. The van der Waals surface area contributed by atoms with Gasteiger partial charge in [-0.25, -0.2) is 0 Å². The monoisotopic (exact) mass is 361 g/mol. The molecule has 1 aliphatic rings. The van der Waals surface area contributed by atoms with Gasteiger partial charge in [0.05, 0.1) is 6.61 Å². The molecule has 1 amide bonds. The third kappa shape index (κ3) is 5.79. The predicted molar refractivity (Wildman–Crippen MR) is 98.6 cm³/mol. The second-order valence-electron chi connectivity index (χ2n) is 5.40. The van der Waals surface area contributed by atoms with E-state index in [-0.39, 0.29) is 37.3 Å². The first kappa shape index (κ1) is 21.9. The summed E-state index contributed by atoms with van der Waals surface area (Å²) in [5.41, 5.74) is 3.27. The van der Waals surface area contributed by atoms with Gasteiger partial charge in [-0.05, 0) is 31.3 Å². The van der Waals surface area contributed by atoms with E-state index in [0.717, 1.165) is 24.3 Å². The van der Waals surface area contributed by atoms with Gasteiger partial charge < -0.3 is 20.2 Å². The molecule has 1 aliphatic heterocycles. The first-order valence-corrected chi connectivity index (χ1v) is 7.18. The lowest BCUT2D eigenvalue weighted by Gasteiger charge is -2.23. The molecule has 0 fully saturated rings. The van der Waals surface area contributed by atoms with E-state index in [1.165, 1.54) is 5.56 Å². The molecule has 7 heteroatoms. The van der Waals surface area contributed by atoms with Crippen LogP contribution in [0.15, 0.2) is 30.4 Å². The van der Waals surface area contributed by atoms with Crippen LogP contribution in [0.5, 0.6) is 0 Å². The molecule has 2 N–H and O–H groups in total. The van der Waals surface area contributed by atoms with Crippen molar-refractivity contribution >= 4 is 36.4 Å². The summed E-state index contributed by atoms with van der Waals surface area (Å²) >= 11 is 0. The lowest BCUT2D eigenvalue weighted by Crippen LogP contribution is -2.33. The maximum atomic E-state index is 12.4. The Balaban J connectivity index is 0.00000242. The van der Waals surface area contributed by atoms with Crippen LogP contribution in [0, 0.1) is 0 Å². The van der Waals surface area contributed by atoms with Crippen LogP contribution in [0.3, 0.4) is 0 Å². The van der Waals surface area contributed by atoms with Crippen molar-refractivity contribution < 1.29 is 9.90 Å². The number of nitrogens with one attached hydrogen (secondary N) is 1. The fraction of sp³-hybridized carbons (Fsp3) is 0.438. The predicted octanol–water partition coefficient (Wildman–Crippen LogP) is 1.58. The Kier molecular flexibility index (Phi) is 10.1. The van der Waals surface area contributed by atoms with Crippen LogP contribution in [0.1, 0.15) is 11.1 Å². The number of amides is 1. The van der Waals surface area contributed by atoms with Gasteiger partial charge in [-0.2, -0.15) is 0 Å². The molecule has 0 spiro atoms. The van der Waals surface area contributed by atoms with E-state index in [4.69, 9.17) is 0 Å². The van der Waals surface area contributed by atoms with Crippen LogP contribution >= 0.6 is 24.8 Å². The summed E-state index contributed by atoms with van der Waals surface area (Å²) in [5.74, 6) is -0.0915. The molecule has 0 unspecified atom stereocenters. The fourth-order valence-corrected chi connectivity index (χ4v) is 2.47. The number of likely N-dealkylation sites (N-methyl/N-ethyl adjacent to an activating group) is 1. The number of rotatable bonds is 6. The number of hydrogen-bond acceptors (Lipinski definition) is 4. The summed E-state index contributed by atoms with van der Waals surface area (Å²) in [6.07, 6.45) is 3.42. The van der Waals surface area contributed by atoms with Crippen LogP contribution in [0.25, 0.3) is 0 Å². The third-order valence-electron chi connectivity index (χ3n) is 3.48. The van der Waals surface area contributed by atoms with Gasteiger partial charge in [0, 0.05) is 37.9 Å². The summed E-state index contributed by atoms with van der Waals surface area (Å²) in [4.78, 5) is 16.0. The van der Waals surface area contributed by atoms with E-state index in [1.54, 1.807) is 11.0 Å². The lowest BCUT2D eigenvalue weighted by molar-refractivity contribution is -0.114. The maximum absolute atomic E-state index is 12.4. The second-order valence-corrected chi connectivity index (χ2v) is 5.40. The SMILES string of the molecule is CN(C)C/C=C/C(=O)N(CCO)c1cccc2c1CNC2.Cl.Cl. The molecular formula is C16H25Cl2N3O2. The van der Waals surface area contributed by atoms with Crippen molar-refractivity contribution in [1.29, 1.82) is 0 Å². The number of carbonyl (C=O) groups is 1. The van der Waals surface area contributed by atoms with E-state index < -0.39 is 0 Å². The number of nitrogens with zero attached hydrogens (tertiary/aromatic N) is 2. The molecule has 1 aromatic carbocycles. The van der Waals surface area contributed by atoms with E-state index in [0.29, 0.717) is 13.1 Å². The normalized spacial score (nSPS) is 12.7. The smallest absolute Gasteiger partial charge is 0.250 e. The first-order valence-electron chi connectivity index (χ1n) is 7.18. The molecule has 0 aromatic heterocycles. The number of fused-ring (bicyclic) bond motifs is 1. The van der Waals surface area contributed by atoms with Crippen molar-refractivity contribution in [3.63, 3.8) is 0 Å². The quantitative estimate of drug-likeness (QED) is 0.755. The van der Waals surface area contributed by atoms with E-state index in [9.17, 15) is 9.90 Å². The van der Waals surface area contributed by atoms with Gasteiger partial charge in [0.15, 0.2) is 0 Å². The van der Waals surface area contributed by atoms with Crippen molar-refractivity contribution in [2.75, 3.05) is 38.7 Å². The molecular weight excluding hydrogens is 337 g/mol. The molecule has 0 saturated heterocycles. The summed E-state index contributed by atoms with van der Waals surface area (Å²) in [7, 11) is 3.91. The summed E-state index contributed by atoms with van der Waals surface area (Å²) in [5, 5.41) is 12.6. The second kappa shape index (κ2) is 10.6. The Hall–Kier alpha value is -1.11. The number of hydrogen-bond donors (Lipinski definition) is 2. The highest BCUT2D eigenvalue weighted by molar-refractivity contribution is 6.02. The van der Waals surface area contributed by atoms with Crippen molar-refractivity contribution in [2.24, 2.45) is 0 Å². The fourth-order valence-electron chi connectivity index (χ4n) is 2.47. The first-order chi connectivity index (χ1) is 10.1. The van der Waals surface area contributed by atoms with Crippen molar-refractivity contribution in [3.8, 4) is 0 Å². The van der Waals surface area contributed by atoms with Crippen molar-refractivity contribution in [2.45, 2.75) is 13.1 Å². The molecule has 1 aromatic rings. The van der Waals surface area contributed by atoms with Gasteiger partial charge in [-0.15, -0.1) is 24.8 Å². The Morgan fingerprint density at radius 3 is 2.70 bits per heavy atom. The average molecular weight is 362 g/mol. The zero-order chi connectivity index (χ0) is 15.2. The van der Waals surface area contributed by atoms with Gasteiger partial charge in [-0.3, -0.25) is 4.79 Å². The molecule has 5 nitrogen and oxygen atoms in total. The molecule has 2 rings (SSSR count). The molecule has 130 valence electrons. The van der Waals surface area contributed by atoms with Crippen molar-refractivity contribution in [3.05, 3.63) is 41.5 Å². The number of halogens is 2. The highest BCUT2D eigenvalue weighted by Gasteiger charge is 2.20. The lowest BCUT2D eigenvalue weighted by atomic mass is 10.1. The van der Waals surface area contributed by atoms with E-state index in [1.807, 2.05) is 37.2 Å². The highest BCUT2D eigenvalue weighted by atomic mass is 35.5. The Bertz CT molecular complexity index is 536. The average Bonchev–Trinajstić information content (AvgIpc) is 2.92. The molecule has 0 aliphatic carbocycles. The highest BCUT2D eigenvalue weighted by Crippen LogP contribution is 2.27. The molecule has 23 heavy (non-hydrogen) atoms. The van der Waals surface area contributed by atoms with Crippen LogP contribution in [-0.4, -0.2) is 49.7 Å². The van der Waals surface area contributed by atoms with Crippen LogP contribution in [0.4, 0.5) is 5.69 Å². The molecule has 0 atom stereocenters.